The van der Waals surface area contributed by atoms with Gasteiger partial charge in [-0.1, -0.05) is 18.6 Å². The van der Waals surface area contributed by atoms with Gasteiger partial charge in [0, 0.05) is 69.6 Å². The van der Waals surface area contributed by atoms with Crippen LogP contribution in [0, 0.1) is 0 Å². The van der Waals surface area contributed by atoms with E-state index in [1.165, 1.54) is 0 Å². The summed E-state index contributed by atoms with van der Waals surface area (Å²) >= 11 is 0. The van der Waals surface area contributed by atoms with Crippen molar-refractivity contribution < 1.29 is 28.6 Å². The van der Waals surface area contributed by atoms with Crippen LogP contribution < -0.4 is 20.7 Å². The summed E-state index contributed by atoms with van der Waals surface area (Å²) in [7, 11) is 0. The van der Waals surface area contributed by atoms with Gasteiger partial charge in [0.05, 0.1) is 26.4 Å². The van der Waals surface area contributed by atoms with Crippen LogP contribution in [-0.2, 0) is 25.6 Å². The topological polar surface area (TPSA) is 127 Å². The molecule has 11 heteroatoms. The summed E-state index contributed by atoms with van der Waals surface area (Å²) in [5, 5.41) is 2.36. The van der Waals surface area contributed by atoms with Crippen LogP contribution in [0.15, 0.2) is 42.5 Å². The number of rotatable bonds is 17. The molecule has 2 saturated heterocycles. The molecule has 5 rings (SSSR count). The van der Waals surface area contributed by atoms with Crippen molar-refractivity contribution >= 4 is 23.4 Å². The number of imide groups is 1. The lowest BCUT2D eigenvalue weighted by Gasteiger charge is -2.36. The van der Waals surface area contributed by atoms with E-state index in [1.807, 2.05) is 43.3 Å². The SMILES string of the molecule is CC(N)c1cccc(OCCCCCCOCCOCCN2CCN(c3ccc4c(c3)CN(C3CCC(=O)NC3=O)C4=O)CC2)c1. The smallest absolute Gasteiger partial charge is 0.255 e. The monoisotopic (exact) mass is 635 g/mol. The number of fused-ring (bicyclic) bond motifs is 1. The summed E-state index contributed by atoms with van der Waals surface area (Å²) in [6.45, 7) is 10.4. The van der Waals surface area contributed by atoms with Gasteiger partial charge in [-0.3, -0.25) is 24.6 Å². The third-order valence-electron chi connectivity index (χ3n) is 9.00. The maximum Gasteiger partial charge on any atom is 0.255 e. The van der Waals surface area contributed by atoms with Crippen LogP contribution in [0.4, 0.5) is 5.69 Å². The number of benzene rings is 2. The zero-order valence-electron chi connectivity index (χ0n) is 27.1. The van der Waals surface area contributed by atoms with Crippen LogP contribution in [0.2, 0.25) is 0 Å². The molecular weight excluding hydrogens is 586 g/mol. The first-order valence-electron chi connectivity index (χ1n) is 16.8. The standard InChI is InChI=1S/C35H49N5O6/c1-26(36)27-7-6-8-30(24-27)46-19-5-3-2-4-18-44-21-22-45-20-17-38-13-15-39(16-14-38)29-9-10-31-28(23-29)25-40(35(31)43)32-11-12-33(41)37-34(32)42/h6-10,23-24,26,32H,2-5,11-22,25,36H2,1H3,(H,37,41,42). The molecule has 2 atom stereocenters. The molecule has 3 heterocycles. The number of hydrogen-bond acceptors (Lipinski definition) is 9. The number of carbonyl (C=O) groups is 3. The van der Waals surface area contributed by atoms with Gasteiger partial charge in [-0.2, -0.15) is 0 Å². The van der Waals surface area contributed by atoms with Crippen molar-refractivity contribution in [2.75, 3.05) is 70.7 Å². The first kappa shape index (κ1) is 33.8. The Morgan fingerprint density at radius 3 is 2.41 bits per heavy atom. The Labute approximate surface area is 272 Å². The molecule has 250 valence electrons. The Hall–Kier alpha value is -3.51. The average Bonchev–Trinajstić information content (AvgIpc) is 3.38. The summed E-state index contributed by atoms with van der Waals surface area (Å²) in [6, 6.07) is 13.4. The second kappa shape index (κ2) is 16.9. The molecule has 0 saturated carbocycles. The van der Waals surface area contributed by atoms with Crippen molar-refractivity contribution in [2.24, 2.45) is 5.73 Å². The van der Waals surface area contributed by atoms with E-state index in [1.54, 1.807) is 4.90 Å². The molecule has 46 heavy (non-hydrogen) atoms. The number of nitrogens with one attached hydrogen (secondary N) is 1. The normalized spacial score (nSPS) is 19.3. The molecule has 3 aliphatic rings. The average molecular weight is 636 g/mol. The molecule has 2 fully saturated rings. The van der Waals surface area contributed by atoms with Crippen LogP contribution in [0.25, 0.3) is 0 Å². The van der Waals surface area contributed by atoms with E-state index < -0.39 is 6.04 Å². The summed E-state index contributed by atoms with van der Waals surface area (Å²) in [6.07, 6.45) is 4.95. The number of nitrogens with two attached hydrogens (primary N) is 1. The molecule has 3 aliphatic heterocycles. The first-order chi connectivity index (χ1) is 22.4. The molecule has 0 aromatic heterocycles. The van der Waals surface area contributed by atoms with Crippen molar-refractivity contribution in [1.29, 1.82) is 0 Å². The van der Waals surface area contributed by atoms with Crippen LogP contribution >= 0.6 is 0 Å². The van der Waals surface area contributed by atoms with E-state index >= 15 is 0 Å². The highest BCUT2D eigenvalue weighted by Crippen LogP contribution is 2.31. The van der Waals surface area contributed by atoms with E-state index in [-0.39, 0.29) is 30.2 Å². The van der Waals surface area contributed by atoms with Crippen LogP contribution in [-0.4, -0.2) is 99.3 Å². The van der Waals surface area contributed by atoms with E-state index in [0.29, 0.717) is 38.3 Å². The third kappa shape index (κ3) is 9.28. The van der Waals surface area contributed by atoms with Gasteiger partial charge in [0.1, 0.15) is 11.8 Å². The molecule has 0 aliphatic carbocycles. The van der Waals surface area contributed by atoms with Gasteiger partial charge in [0.15, 0.2) is 0 Å². The van der Waals surface area contributed by atoms with Crippen molar-refractivity contribution in [2.45, 2.75) is 64.1 Å². The van der Waals surface area contributed by atoms with Gasteiger partial charge >= 0.3 is 0 Å². The molecule has 2 unspecified atom stereocenters. The summed E-state index contributed by atoms with van der Waals surface area (Å²) in [5.41, 5.74) is 9.72. The number of piperazine rings is 1. The van der Waals surface area contributed by atoms with Crippen molar-refractivity contribution in [3.8, 4) is 5.75 Å². The lowest BCUT2D eigenvalue weighted by atomic mass is 10.0. The largest absolute Gasteiger partial charge is 0.494 e. The number of nitrogens with zero attached hydrogens (tertiary/aromatic N) is 3. The summed E-state index contributed by atoms with van der Waals surface area (Å²) in [5.74, 6) is 0.0985. The molecule has 0 bridgehead atoms. The predicted molar refractivity (Wildman–Crippen MR) is 176 cm³/mol. The van der Waals surface area contributed by atoms with Crippen LogP contribution in [0.3, 0.4) is 0 Å². The van der Waals surface area contributed by atoms with Gasteiger partial charge in [0.25, 0.3) is 5.91 Å². The van der Waals surface area contributed by atoms with Crippen molar-refractivity contribution in [3.63, 3.8) is 0 Å². The van der Waals surface area contributed by atoms with Crippen molar-refractivity contribution in [3.05, 3.63) is 59.2 Å². The van der Waals surface area contributed by atoms with E-state index in [4.69, 9.17) is 19.9 Å². The quantitative estimate of drug-likeness (QED) is 0.199. The Morgan fingerprint density at radius 2 is 1.65 bits per heavy atom. The maximum atomic E-state index is 13.0. The predicted octanol–water partition coefficient (Wildman–Crippen LogP) is 3.26. The zero-order valence-corrected chi connectivity index (χ0v) is 27.1. The second-order valence-corrected chi connectivity index (χ2v) is 12.4. The summed E-state index contributed by atoms with van der Waals surface area (Å²) in [4.78, 5) is 43.2. The summed E-state index contributed by atoms with van der Waals surface area (Å²) < 4.78 is 17.4. The number of carbonyl (C=O) groups excluding carboxylic acids is 3. The fraction of sp³-hybridized carbons (Fsp3) is 0.571. The number of ether oxygens (including phenoxy) is 3. The number of anilines is 1. The zero-order chi connectivity index (χ0) is 32.3. The minimum atomic E-state index is -0.587. The van der Waals surface area contributed by atoms with Gasteiger partial charge in [-0.15, -0.1) is 0 Å². The molecule has 11 nitrogen and oxygen atoms in total. The molecule has 2 aromatic rings. The first-order valence-corrected chi connectivity index (χ1v) is 16.8. The number of hydrogen-bond donors (Lipinski definition) is 2. The van der Waals surface area contributed by atoms with Gasteiger partial charge in [0.2, 0.25) is 11.8 Å². The molecule has 2 aromatic carbocycles. The molecular formula is C35H49N5O6. The minimum absolute atomic E-state index is 0.0137. The minimum Gasteiger partial charge on any atom is -0.494 e. The van der Waals surface area contributed by atoms with Gasteiger partial charge in [-0.05, 0) is 74.1 Å². The van der Waals surface area contributed by atoms with E-state index in [9.17, 15) is 14.4 Å². The van der Waals surface area contributed by atoms with Gasteiger partial charge < -0.3 is 29.7 Å². The Balaban J connectivity index is 0.876. The molecule has 3 amide bonds. The highest BCUT2D eigenvalue weighted by molar-refractivity contribution is 6.05. The molecule has 3 N–H and O–H groups in total. The van der Waals surface area contributed by atoms with Gasteiger partial charge in [-0.25, -0.2) is 0 Å². The molecule has 0 radical (unpaired) electrons. The lowest BCUT2D eigenvalue weighted by molar-refractivity contribution is -0.136. The number of unbranched alkanes of at least 4 members (excludes halogenated alkanes) is 3. The van der Waals surface area contributed by atoms with Crippen LogP contribution in [0.1, 0.15) is 73.0 Å². The van der Waals surface area contributed by atoms with Crippen LogP contribution in [0.5, 0.6) is 5.75 Å². The highest BCUT2D eigenvalue weighted by Gasteiger charge is 2.39. The molecule has 0 spiro atoms. The third-order valence-corrected chi connectivity index (χ3v) is 9.00. The Bertz CT molecular complexity index is 1330. The highest BCUT2D eigenvalue weighted by atomic mass is 16.5. The lowest BCUT2D eigenvalue weighted by Crippen LogP contribution is -2.52. The van der Waals surface area contributed by atoms with E-state index in [2.05, 4.69) is 21.2 Å². The maximum absolute atomic E-state index is 13.0. The Kier molecular flexibility index (Phi) is 12.4. The fourth-order valence-electron chi connectivity index (χ4n) is 6.24. The fourth-order valence-corrected chi connectivity index (χ4v) is 6.24. The van der Waals surface area contributed by atoms with Crippen molar-refractivity contribution in [1.82, 2.24) is 15.1 Å². The Morgan fingerprint density at radius 1 is 0.891 bits per heavy atom. The number of amides is 3. The second-order valence-electron chi connectivity index (χ2n) is 12.4. The number of piperidine rings is 1. The van der Waals surface area contributed by atoms with E-state index in [0.717, 1.165) is 94.2 Å².